The molecule has 1 aliphatic rings. The lowest BCUT2D eigenvalue weighted by Crippen LogP contribution is -2.46. The molecule has 9 nitrogen and oxygen atoms in total. The monoisotopic (exact) mass is 394 g/mol. The number of piperazine rings is 1. The molecule has 0 bridgehead atoms. The van der Waals surface area contributed by atoms with Crippen LogP contribution in [0.5, 0.6) is 0 Å². The summed E-state index contributed by atoms with van der Waals surface area (Å²) in [5.74, 6) is 1.46. The highest BCUT2D eigenvalue weighted by atomic mass is 32.2. The summed E-state index contributed by atoms with van der Waals surface area (Å²) in [6.07, 6.45) is 0.984. The number of benzene rings is 1. The van der Waals surface area contributed by atoms with Crippen LogP contribution in [0.15, 0.2) is 27.5 Å². The van der Waals surface area contributed by atoms with Crippen molar-refractivity contribution in [3.63, 3.8) is 0 Å². The van der Waals surface area contributed by atoms with Gasteiger partial charge in [-0.05, 0) is 26.0 Å². The summed E-state index contributed by atoms with van der Waals surface area (Å²) < 4.78 is 29.5. The topological polar surface area (TPSA) is 110 Å². The standard InChI is InChI=1S/C17H22N4O5S/c1-12-13(2)26-16(18-12)11-19-7-9-20(10-8-19)14-5-4-6-15(27(3,24)25)17(14)21(22)23/h4-6H,7-11H2,1-3H3. The molecule has 0 N–H and O–H groups in total. The Hall–Kier alpha value is -2.46. The molecule has 0 atom stereocenters. The quantitative estimate of drug-likeness (QED) is 0.559. The van der Waals surface area contributed by atoms with Gasteiger partial charge in [0, 0.05) is 32.4 Å². The second-order valence-electron chi connectivity index (χ2n) is 6.67. The minimum absolute atomic E-state index is 0.252. The molecule has 0 saturated carbocycles. The summed E-state index contributed by atoms with van der Waals surface area (Å²) in [5, 5.41) is 11.6. The highest BCUT2D eigenvalue weighted by molar-refractivity contribution is 7.90. The van der Waals surface area contributed by atoms with Crippen molar-refractivity contribution in [2.24, 2.45) is 0 Å². The smallest absolute Gasteiger partial charge is 0.311 e. The van der Waals surface area contributed by atoms with Crippen LogP contribution in [0.25, 0.3) is 0 Å². The van der Waals surface area contributed by atoms with Crippen LogP contribution in [-0.2, 0) is 16.4 Å². The molecule has 10 heteroatoms. The maximum atomic E-state index is 11.9. The summed E-state index contributed by atoms with van der Waals surface area (Å²) in [6, 6.07) is 4.42. The summed E-state index contributed by atoms with van der Waals surface area (Å²) in [4.78, 5) is 19.1. The molecule has 3 rings (SSSR count). The number of nitrogens with zero attached hydrogens (tertiary/aromatic N) is 4. The first kappa shape index (κ1) is 19.3. The normalized spacial score (nSPS) is 15.9. The van der Waals surface area contributed by atoms with Gasteiger partial charge in [-0.2, -0.15) is 0 Å². The Kier molecular flexibility index (Phi) is 5.20. The predicted octanol–water partition coefficient (Wildman–Crippen LogP) is 1.93. The molecule has 2 aromatic rings. The van der Waals surface area contributed by atoms with Gasteiger partial charge in [0.2, 0.25) is 5.89 Å². The maximum Gasteiger partial charge on any atom is 0.311 e. The van der Waals surface area contributed by atoms with Crippen LogP contribution in [0, 0.1) is 24.0 Å². The fourth-order valence-corrected chi connectivity index (χ4v) is 4.05. The number of nitro groups is 1. The van der Waals surface area contributed by atoms with Crippen molar-refractivity contribution >= 4 is 21.2 Å². The van der Waals surface area contributed by atoms with E-state index in [0.717, 1.165) is 17.7 Å². The number of anilines is 1. The van der Waals surface area contributed by atoms with Gasteiger partial charge in [0.1, 0.15) is 16.3 Å². The summed E-state index contributed by atoms with van der Waals surface area (Å²) in [6.45, 7) is 6.78. The average molecular weight is 394 g/mol. The van der Waals surface area contributed by atoms with E-state index in [4.69, 9.17) is 4.42 Å². The molecule has 0 aliphatic carbocycles. The molecule has 0 spiro atoms. The van der Waals surface area contributed by atoms with Crippen LogP contribution in [0.3, 0.4) is 0 Å². The number of hydrogen-bond donors (Lipinski definition) is 0. The van der Waals surface area contributed by atoms with Gasteiger partial charge in [-0.15, -0.1) is 0 Å². The third-order valence-electron chi connectivity index (χ3n) is 4.70. The Morgan fingerprint density at radius 2 is 1.89 bits per heavy atom. The molecule has 1 aromatic heterocycles. The minimum Gasteiger partial charge on any atom is -0.444 e. The van der Waals surface area contributed by atoms with Crippen LogP contribution < -0.4 is 4.90 Å². The number of para-hydroxylation sites is 1. The highest BCUT2D eigenvalue weighted by Gasteiger charge is 2.30. The van der Waals surface area contributed by atoms with Gasteiger partial charge < -0.3 is 9.32 Å². The number of aryl methyl sites for hydroxylation is 2. The van der Waals surface area contributed by atoms with E-state index < -0.39 is 14.8 Å². The fourth-order valence-electron chi connectivity index (χ4n) is 3.19. The Morgan fingerprint density at radius 1 is 1.22 bits per heavy atom. The van der Waals surface area contributed by atoms with Crippen molar-refractivity contribution in [3.8, 4) is 0 Å². The van der Waals surface area contributed by atoms with E-state index in [-0.39, 0.29) is 10.6 Å². The van der Waals surface area contributed by atoms with Gasteiger partial charge in [-0.3, -0.25) is 15.0 Å². The zero-order valence-corrected chi connectivity index (χ0v) is 16.3. The van der Waals surface area contributed by atoms with Crippen LogP contribution in [0.1, 0.15) is 17.3 Å². The Bertz CT molecular complexity index is 942. The first-order valence-electron chi connectivity index (χ1n) is 8.54. The van der Waals surface area contributed by atoms with Gasteiger partial charge >= 0.3 is 5.69 Å². The third kappa shape index (κ3) is 4.11. The second-order valence-corrected chi connectivity index (χ2v) is 8.65. The van der Waals surface area contributed by atoms with Crippen LogP contribution >= 0.6 is 0 Å². The molecule has 146 valence electrons. The SMILES string of the molecule is Cc1nc(CN2CCN(c3cccc(S(C)(=O)=O)c3[N+](=O)[O-])CC2)oc1C. The number of rotatable bonds is 5. The van der Waals surface area contributed by atoms with E-state index in [9.17, 15) is 18.5 Å². The number of sulfone groups is 1. The molecule has 1 fully saturated rings. The summed E-state index contributed by atoms with van der Waals surface area (Å²) >= 11 is 0. The third-order valence-corrected chi connectivity index (χ3v) is 5.83. The van der Waals surface area contributed by atoms with Gasteiger partial charge in [-0.1, -0.05) is 6.07 Å². The van der Waals surface area contributed by atoms with Crippen LogP contribution in [0.2, 0.25) is 0 Å². The maximum absolute atomic E-state index is 11.9. The summed E-state index contributed by atoms with van der Waals surface area (Å²) in [5.41, 5.74) is 0.856. The van der Waals surface area contributed by atoms with Crippen LogP contribution in [0.4, 0.5) is 11.4 Å². The molecule has 2 heterocycles. The zero-order chi connectivity index (χ0) is 19.8. The molecular formula is C17H22N4O5S. The highest BCUT2D eigenvalue weighted by Crippen LogP contribution is 2.35. The lowest BCUT2D eigenvalue weighted by Gasteiger charge is -2.35. The van der Waals surface area contributed by atoms with E-state index >= 15 is 0 Å². The van der Waals surface area contributed by atoms with Gasteiger partial charge in [0.15, 0.2) is 9.84 Å². The van der Waals surface area contributed by atoms with Gasteiger partial charge in [0.25, 0.3) is 0 Å². The molecule has 1 aromatic carbocycles. The Morgan fingerprint density at radius 3 is 2.41 bits per heavy atom. The molecular weight excluding hydrogens is 372 g/mol. The minimum atomic E-state index is -3.69. The van der Waals surface area contributed by atoms with Crippen molar-refractivity contribution in [2.45, 2.75) is 25.3 Å². The van der Waals surface area contributed by atoms with Crippen molar-refractivity contribution in [1.29, 1.82) is 0 Å². The van der Waals surface area contributed by atoms with Crippen molar-refractivity contribution in [3.05, 3.63) is 45.7 Å². The molecule has 0 amide bonds. The molecule has 27 heavy (non-hydrogen) atoms. The van der Waals surface area contributed by atoms with E-state index in [2.05, 4.69) is 9.88 Å². The fraction of sp³-hybridized carbons (Fsp3) is 0.471. The van der Waals surface area contributed by atoms with E-state index in [1.165, 1.54) is 6.07 Å². The summed E-state index contributed by atoms with van der Waals surface area (Å²) in [7, 11) is -3.69. The Labute approximate surface area is 157 Å². The average Bonchev–Trinajstić information content (AvgIpc) is 2.91. The number of hydrogen-bond acceptors (Lipinski definition) is 8. The van der Waals surface area contributed by atoms with Crippen molar-refractivity contribution in [1.82, 2.24) is 9.88 Å². The first-order valence-corrected chi connectivity index (χ1v) is 10.4. The van der Waals surface area contributed by atoms with E-state index in [1.54, 1.807) is 12.1 Å². The van der Waals surface area contributed by atoms with Gasteiger partial charge in [-0.25, -0.2) is 13.4 Å². The predicted molar refractivity (Wildman–Crippen MR) is 99.7 cm³/mol. The first-order chi connectivity index (χ1) is 12.7. The number of aromatic nitrogens is 1. The molecule has 0 unspecified atom stereocenters. The zero-order valence-electron chi connectivity index (χ0n) is 15.5. The lowest BCUT2D eigenvalue weighted by atomic mass is 10.2. The van der Waals surface area contributed by atoms with Crippen molar-refractivity contribution in [2.75, 3.05) is 37.3 Å². The van der Waals surface area contributed by atoms with E-state index in [0.29, 0.717) is 44.3 Å². The molecule has 0 radical (unpaired) electrons. The number of oxazole rings is 1. The molecule has 1 aliphatic heterocycles. The van der Waals surface area contributed by atoms with Crippen molar-refractivity contribution < 1.29 is 17.8 Å². The van der Waals surface area contributed by atoms with Crippen LogP contribution in [-0.4, -0.2) is 55.7 Å². The lowest BCUT2D eigenvalue weighted by molar-refractivity contribution is -0.387. The second kappa shape index (κ2) is 7.28. The Balaban J connectivity index is 1.77. The van der Waals surface area contributed by atoms with Gasteiger partial charge in [0.05, 0.1) is 17.2 Å². The molecule has 1 saturated heterocycles. The van der Waals surface area contributed by atoms with E-state index in [1.807, 2.05) is 18.7 Å². The largest absolute Gasteiger partial charge is 0.444 e. The number of nitro benzene ring substituents is 1.